The Balaban J connectivity index is 2.33. The van der Waals surface area contributed by atoms with Gasteiger partial charge in [0.25, 0.3) is 0 Å². The van der Waals surface area contributed by atoms with E-state index >= 15 is 0 Å². The molecule has 1 aromatic rings. The van der Waals surface area contributed by atoms with E-state index in [0.29, 0.717) is 11.0 Å². The molecule has 0 spiro atoms. The highest BCUT2D eigenvalue weighted by atomic mass is 32.1. The molecule has 12 heavy (non-hydrogen) atoms. The Morgan fingerprint density at radius 2 is 2.50 bits per heavy atom. The lowest BCUT2D eigenvalue weighted by molar-refractivity contribution is 0.593. The lowest BCUT2D eigenvalue weighted by atomic mass is 10.1. The van der Waals surface area contributed by atoms with Crippen LogP contribution in [0.4, 0.5) is 10.9 Å². The fourth-order valence-corrected chi connectivity index (χ4v) is 1.31. The molecule has 0 fully saturated rings. The summed E-state index contributed by atoms with van der Waals surface area (Å²) in [5.74, 6) is 1.59. The van der Waals surface area contributed by atoms with Gasteiger partial charge in [-0.2, -0.15) is 0 Å². The van der Waals surface area contributed by atoms with Crippen LogP contribution in [0.3, 0.4) is 0 Å². The van der Waals surface area contributed by atoms with Crippen molar-refractivity contribution in [1.82, 2.24) is 4.98 Å². The predicted octanol–water partition coefficient (Wildman–Crippen LogP) is 2.18. The monoisotopic (exact) mass is 185 g/mol. The molecule has 0 saturated heterocycles. The van der Waals surface area contributed by atoms with E-state index in [4.69, 9.17) is 5.73 Å². The summed E-state index contributed by atoms with van der Waals surface area (Å²) < 4.78 is 0. The maximum Gasteiger partial charge on any atom is 0.182 e. The van der Waals surface area contributed by atoms with Crippen molar-refractivity contribution < 1.29 is 0 Å². The normalized spacial score (nSPS) is 12.8. The number of nitrogens with zero attached hydrogens (tertiary/aromatic N) is 1. The molecule has 1 rings (SSSR count). The minimum atomic E-state index is 0.627. The fraction of sp³-hybridized carbons (Fsp3) is 0.625. The number of hydrogen-bond donors (Lipinski definition) is 2. The van der Waals surface area contributed by atoms with E-state index in [2.05, 4.69) is 24.1 Å². The summed E-state index contributed by atoms with van der Waals surface area (Å²) in [6, 6.07) is 0. The van der Waals surface area contributed by atoms with Gasteiger partial charge in [-0.1, -0.05) is 20.3 Å². The van der Waals surface area contributed by atoms with Crippen LogP contribution < -0.4 is 11.1 Å². The Kier molecular flexibility index (Phi) is 3.34. The average molecular weight is 185 g/mol. The molecule has 0 aromatic carbocycles. The number of thiazole rings is 1. The first-order valence-electron chi connectivity index (χ1n) is 4.17. The van der Waals surface area contributed by atoms with E-state index in [0.717, 1.165) is 12.4 Å². The SMILES string of the molecule is CC[C@H](C)CNc1csc(N)n1. The molecule has 0 saturated carbocycles. The fourth-order valence-electron chi connectivity index (χ4n) is 0.792. The van der Waals surface area contributed by atoms with Crippen LogP contribution in [-0.4, -0.2) is 11.5 Å². The molecule has 0 aliphatic carbocycles. The van der Waals surface area contributed by atoms with Crippen LogP contribution in [0, 0.1) is 5.92 Å². The Hall–Kier alpha value is -0.770. The van der Waals surface area contributed by atoms with E-state index in [1.807, 2.05) is 5.38 Å². The van der Waals surface area contributed by atoms with Crippen LogP contribution in [0.2, 0.25) is 0 Å². The van der Waals surface area contributed by atoms with E-state index in [-0.39, 0.29) is 0 Å². The van der Waals surface area contributed by atoms with Gasteiger partial charge >= 0.3 is 0 Å². The molecule has 0 aliphatic heterocycles. The van der Waals surface area contributed by atoms with Gasteiger partial charge in [0.05, 0.1) is 0 Å². The molecule has 68 valence electrons. The lowest BCUT2D eigenvalue weighted by Crippen LogP contribution is -2.10. The van der Waals surface area contributed by atoms with Gasteiger partial charge in [-0.25, -0.2) is 4.98 Å². The van der Waals surface area contributed by atoms with Crippen molar-refractivity contribution in [1.29, 1.82) is 0 Å². The third kappa shape index (κ3) is 2.70. The molecule has 3 N–H and O–H groups in total. The molecule has 0 amide bonds. The summed E-state index contributed by atoms with van der Waals surface area (Å²) in [7, 11) is 0. The molecule has 1 heterocycles. The minimum Gasteiger partial charge on any atom is -0.375 e. The van der Waals surface area contributed by atoms with Crippen LogP contribution >= 0.6 is 11.3 Å². The van der Waals surface area contributed by atoms with Crippen molar-refractivity contribution in [2.24, 2.45) is 5.92 Å². The Morgan fingerprint density at radius 1 is 1.75 bits per heavy atom. The van der Waals surface area contributed by atoms with Gasteiger partial charge in [0, 0.05) is 11.9 Å². The summed E-state index contributed by atoms with van der Waals surface area (Å²) >= 11 is 1.47. The number of rotatable bonds is 4. The number of nitrogens with two attached hydrogens (primary N) is 1. The van der Waals surface area contributed by atoms with Gasteiger partial charge in [-0.05, 0) is 5.92 Å². The number of aromatic nitrogens is 1. The molecule has 0 aliphatic rings. The predicted molar refractivity (Wildman–Crippen MR) is 54.5 cm³/mol. The second-order valence-corrected chi connectivity index (χ2v) is 3.85. The second kappa shape index (κ2) is 4.30. The molecule has 4 heteroatoms. The highest BCUT2D eigenvalue weighted by Gasteiger charge is 2.00. The van der Waals surface area contributed by atoms with E-state index in [9.17, 15) is 0 Å². The van der Waals surface area contributed by atoms with Gasteiger partial charge in [0.1, 0.15) is 5.82 Å². The third-order valence-electron chi connectivity index (χ3n) is 1.85. The van der Waals surface area contributed by atoms with Crippen molar-refractivity contribution in [2.75, 3.05) is 17.6 Å². The van der Waals surface area contributed by atoms with Crippen LogP contribution in [0.5, 0.6) is 0 Å². The van der Waals surface area contributed by atoms with Crippen molar-refractivity contribution in [3.8, 4) is 0 Å². The first-order chi connectivity index (χ1) is 5.72. The standard InChI is InChI=1S/C8H15N3S/c1-3-6(2)4-10-7-5-12-8(9)11-7/h5-6,10H,3-4H2,1-2H3,(H2,9,11)/t6-/m0/s1. The van der Waals surface area contributed by atoms with Crippen LogP contribution in [0.15, 0.2) is 5.38 Å². The zero-order valence-corrected chi connectivity index (χ0v) is 8.32. The maximum absolute atomic E-state index is 5.48. The zero-order chi connectivity index (χ0) is 8.97. The summed E-state index contributed by atoms with van der Waals surface area (Å²) in [5.41, 5.74) is 5.48. The number of nitrogen functional groups attached to an aromatic ring is 1. The molecule has 0 bridgehead atoms. The second-order valence-electron chi connectivity index (χ2n) is 2.97. The quantitative estimate of drug-likeness (QED) is 0.756. The molecule has 3 nitrogen and oxygen atoms in total. The van der Waals surface area contributed by atoms with Gasteiger partial charge in [-0.3, -0.25) is 0 Å². The van der Waals surface area contributed by atoms with E-state index < -0.39 is 0 Å². The Labute approximate surface area is 77.0 Å². The molecular formula is C8H15N3S. The summed E-state index contributed by atoms with van der Waals surface area (Å²) in [6.45, 7) is 5.37. The first kappa shape index (κ1) is 9.32. The van der Waals surface area contributed by atoms with Crippen molar-refractivity contribution in [3.05, 3.63) is 5.38 Å². The molecule has 0 unspecified atom stereocenters. The smallest absolute Gasteiger partial charge is 0.182 e. The van der Waals surface area contributed by atoms with Crippen LogP contribution in [0.1, 0.15) is 20.3 Å². The molecular weight excluding hydrogens is 170 g/mol. The topological polar surface area (TPSA) is 50.9 Å². The lowest BCUT2D eigenvalue weighted by Gasteiger charge is -2.08. The Morgan fingerprint density at radius 3 is 3.00 bits per heavy atom. The summed E-state index contributed by atoms with van der Waals surface area (Å²) in [5, 5.41) is 5.80. The number of hydrogen-bond acceptors (Lipinski definition) is 4. The minimum absolute atomic E-state index is 0.627. The molecule has 1 atom stereocenters. The first-order valence-corrected chi connectivity index (χ1v) is 5.05. The van der Waals surface area contributed by atoms with Gasteiger partial charge < -0.3 is 11.1 Å². The van der Waals surface area contributed by atoms with E-state index in [1.165, 1.54) is 17.8 Å². The van der Waals surface area contributed by atoms with Crippen molar-refractivity contribution in [2.45, 2.75) is 20.3 Å². The average Bonchev–Trinajstić information content (AvgIpc) is 2.47. The van der Waals surface area contributed by atoms with Gasteiger partial charge in [0.2, 0.25) is 0 Å². The van der Waals surface area contributed by atoms with Gasteiger partial charge in [0.15, 0.2) is 5.13 Å². The maximum atomic E-state index is 5.48. The highest BCUT2D eigenvalue weighted by molar-refractivity contribution is 7.13. The highest BCUT2D eigenvalue weighted by Crippen LogP contribution is 2.15. The third-order valence-corrected chi connectivity index (χ3v) is 2.52. The van der Waals surface area contributed by atoms with Crippen molar-refractivity contribution >= 4 is 22.3 Å². The largest absolute Gasteiger partial charge is 0.375 e. The van der Waals surface area contributed by atoms with Gasteiger partial charge in [-0.15, -0.1) is 11.3 Å². The zero-order valence-electron chi connectivity index (χ0n) is 7.50. The van der Waals surface area contributed by atoms with Crippen molar-refractivity contribution in [3.63, 3.8) is 0 Å². The van der Waals surface area contributed by atoms with Crippen LogP contribution in [-0.2, 0) is 0 Å². The molecule has 0 radical (unpaired) electrons. The summed E-state index contributed by atoms with van der Waals surface area (Å²) in [4.78, 5) is 4.10. The van der Waals surface area contributed by atoms with Crippen LogP contribution in [0.25, 0.3) is 0 Å². The molecule has 1 aromatic heterocycles. The number of nitrogens with one attached hydrogen (secondary N) is 1. The van der Waals surface area contributed by atoms with E-state index in [1.54, 1.807) is 0 Å². The Bertz CT molecular complexity index is 234. The summed E-state index contributed by atoms with van der Waals surface area (Å²) in [6.07, 6.45) is 1.19. The number of anilines is 2.